The van der Waals surface area contributed by atoms with Crippen LogP contribution in [0.4, 0.5) is 11.4 Å². The van der Waals surface area contributed by atoms with Gasteiger partial charge < -0.3 is 39.4 Å². The van der Waals surface area contributed by atoms with Crippen LogP contribution in [-0.4, -0.2) is 112 Å². The van der Waals surface area contributed by atoms with E-state index in [4.69, 9.17) is 42.1 Å². The number of anilines is 2. The second-order valence-electron chi connectivity index (χ2n) is 16.7. The molecule has 14 nitrogen and oxygen atoms in total. The molecule has 4 aromatic rings. The summed E-state index contributed by atoms with van der Waals surface area (Å²) in [6.07, 6.45) is 2.81. The zero-order valence-electron chi connectivity index (χ0n) is 35.8. The summed E-state index contributed by atoms with van der Waals surface area (Å²) in [5, 5.41) is 7.01. The van der Waals surface area contributed by atoms with Crippen LogP contribution >= 0.6 is 23.2 Å². The first-order chi connectivity index (χ1) is 30.9. The molecule has 4 aliphatic heterocycles. The maximum atomic E-state index is 13.7. The Balaban J connectivity index is 0.833. The number of benzene rings is 4. The van der Waals surface area contributed by atoms with E-state index in [-0.39, 0.29) is 59.6 Å². The number of likely N-dealkylation sites (tertiary alicyclic amines) is 2. The lowest BCUT2D eigenvalue weighted by molar-refractivity contribution is -0.160. The number of carbonyl (C=O) groups is 4. The molecule has 4 aromatic carbocycles. The molecule has 16 heteroatoms. The number of amides is 2. The minimum Gasteiger partial charge on any atom is -0.450 e. The Morgan fingerprint density at radius 2 is 0.984 bits per heavy atom. The van der Waals surface area contributed by atoms with Gasteiger partial charge in [-0.3, -0.25) is 19.4 Å². The molecule has 64 heavy (non-hydrogen) atoms. The van der Waals surface area contributed by atoms with E-state index in [9.17, 15) is 19.2 Å². The highest BCUT2D eigenvalue weighted by Gasteiger charge is 2.34. The van der Waals surface area contributed by atoms with Gasteiger partial charge in [-0.05, 0) is 61.1 Å². The molecule has 0 aromatic heterocycles. The second kappa shape index (κ2) is 20.4. The fourth-order valence-electron chi connectivity index (χ4n) is 8.57. The average molecular weight is 912 g/mol. The van der Waals surface area contributed by atoms with E-state index in [2.05, 4.69) is 44.7 Å². The lowest BCUT2D eigenvalue weighted by Crippen LogP contribution is -2.45. The van der Waals surface area contributed by atoms with Gasteiger partial charge in [-0.1, -0.05) is 83.9 Å². The Kier molecular flexibility index (Phi) is 14.2. The van der Waals surface area contributed by atoms with Gasteiger partial charge in [0.15, 0.2) is 11.5 Å². The highest BCUT2D eigenvalue weighted by atomic mass is 35.5. The molecule has 0 aliphatic carbocycles. The van der Waals surface area contributed by atoms with Gasteiger partial charge in [0.1, 0.15) is 0 Å². The molecule has 2 amide bonds. The van der Waals surface area contributed by atoms with Gasteiger partial charge in [0.05, 0.1) is 35.6 Å². The van der Waals surface area contributed by atoms with Gasteiger partial charge in [0, 0.05) is 87.6 Å². The SMILES string of the molecule is CN1CC(OC(=O)/C=C/C(=O)OC2CN(C)c3cc(Cl)cc(C(=O)NC4CCN(Cc5ccccc5)CC4)c3O2)Oc2c(C(=O)NC3CCN(Cc4ccccc4)CC3)cc(Cl)cc21. The van der Waals surface area contributed by atoms with Gasteiger partial charge >= 0.3 is 11.9 Å². The Morgan fingerprint density at radius 3 is 1.36 bits per heavy atom. The van der Waals surface area contributed by atoms with E-state index in [0.717, 1.165) is 77.1 Å². The number of halogens is 2. The molecule has 2 fully saturated rings. The van der Waals surface area contributed by atoms with Crippen molar-refractivity contribution in [1.29, 1.82) is 0 Å². The number of esters is 2. The zero-order valence-corrected chi connectivity index (χ0v) is 37.4. The number of rotatable bonds is 12. The van der Waals surface area contributed by atoms with Gasteiger partial charge in [-0.25, -0.2) is 9.59 Å². The van der Waals surface area contributed by atoms with E-state index in [0.29, 0.717) is 21.4 Å². The van der Waals surface area contributed by atoms with Crippen molar-refractivity contribution in [3.8, 4) is 11.5 Å². The first-order valence-electron chi connectivity index (χ1n) is 21.6. The number of nitrogens with zero attached hydrogens (tertiary/aromatic N) is 4. The predicted molar refractivity (Wildman–Crippen MR) is 244 cm³/mol. The van der Waals surface area contributed by atoms with Crippen LogP contribution in [0, 0.1) is 0 Å². The highest BCUT2D eigenvalue weighted by Crippen LogP contribution is 2.40. The second-order valence-corrected chi connectivity index (χ2v) is 17.6. The van der Waals surface area contributed by atoms with Crippen molar-refractivity contribution in [2.75, 3.05) is 63.2 Å². The Bertz CT molecular complexity index is 2190. The summed E-state index contributed by atoms with van der Waals surface area (Å²) < 4.78 is 23.4. The molecule has 2 N–H and O–H groups in total. The molecule has 0 bridgehead atoms. The van der Waals surface area contributed by atoms with Gasteiger partial charge in [0.2, 0.25) is 0 Å². The van der Waals surface area contributed by atoms with Crippen LogP contribution in [0.1, 0.15) is 57.5 Å². The lowest BCUT2D eigenvalue weighted by Gasteiger charge is -2.35. The van der Waals surface area contributed by atoms with Crippen molar-refractivity contribution in [3.63, 3.8) is 0 Å². The number of likely N-dealkylation sites (N-methyl/N-ethyl adjacent to an activating group) is 2. The molecule has 2 saturated heterocycles. The van der Waals surface area contributed by atoms with Crippen LogP contribution in [0.2, 0.25) is 10.0 Å². The van der Waals surface area contributed by atoms with Gasteiger partial charge in [-0.2, -0.15) is 0 Å². The molecular weight excluding hydrogens is 859 g/mol. The number of carbonyl (C=O) groups excluding carboxylic acids is 4. The monoisotopic (exact) mass is 910 g/mol. The lowest BCUT2D eigenvalue weighted by atomic mass is 10.0. The molecule has 336 valence electrons. The van der Waals surface area contributed by atoms with Crippen molar-refractivity contribution in [2.45, 2.75) is 63.4 Å². The Hall–Kier alpha value is -5.80. The summed E-state index contributed by atoms with van der Waals surface area (Å²) >= 11 is 12.9. The van der Waals surface area contributed by atoms with E-state index in [1.807, 2.05) is 36.4 Å². The number of nitrogens with one attached hydrogen (secondary N) is 2. The first-order valence-corrected chi connectivity index (χ1v) is 22.4. The third kappa shape index (κ3) is 11.3. The van der Waals surface area contributed by atoms with Crippen LogP contribution < -0.4 is 29.9 Å². The minimum atomic E-state index is -1.11. The quantitative estimate of drug-likeness (QED) is 0.120. The third-order valence-electron chi connectivity index (χ3n) is 11.9. The van der Waals surface area contributed by atoms with Crippen molar-refractivity contribution >= 4 is 58.3 Å². The van der Waals surface area contributed by atoms with Crippen molar-refractivity contribution < 1.29 is 38.1 Å². The fourth-order valence-corrected chi connectivity index (χ4v) is 8.99. The third-order valence-corrected chi connectivity index (χ3v) is 12.4. The first kappa shape index (κ1) is 44.8. The molecule has 4 heterocycles. The van der Waals surface area contributed by atoms with Crippen LogP contribution in [0.25, 0.3) is 0 Å². The average Bonchev–Trinajstić information content (AvgIpc) is 3.28. The van der Waals surface area contributed by atoms with E-state index >= 15 is 0 Å². The molecule has 2 atom stereocenters. The largest absolute Gasteiger partial charge is 0.450 e. The van der Waals surface area contributed by atoms with Crippen LogP contribution in [-0.2, 0) is 32.2 Å². The van der Waals surface area contributed by atoms with Crippen molar-refractivity contribution in [1.82, 2.24) is 20.4 Å². The molecule has 0 saturated carbocycles. The number of piperidine rings is 2. The number of hydrogen-bond acceptors (Lipinski definition) is 12. The van der Waals surface area contributed by atoms with Crippen LogP contribution in [0.3, 0.4) is 0 Å². The molecule has 0 spiro atoms. The normalized spacial score (nSPS) is 19.5. The highest BCUT2D eigenvalue weighted by molar-refractivity contribution is 6.32. The van der Waals surface area contributed by atoms with Gasteiger partial charge in [0.25, 0.3) is 24.4 Å². The standard InChI is InChI=1S/C48H52Cl2N6O8/c1-53-29-43(63-45-37(23-33(49)25-39(45)53)47(59)51-35-15-19-55(20-16-35)27-31-9-5-3-6-10-31)61-41(57)13-14-42(58)62-44-30-54(2)40-26-34(50)24-38(46(40)64-44)48(60)52-36-17-21-56(22-18-36)28-32-11-7-4-8-12-32/h3-14,23-26,35-36,43-44H,15-22,27-30H2,1-2H3,(H,51,59)(H,52,60)/b14-13+. The Morgan fingerprint density at radius 1 is 0.609 bits per heavy atom. The summed E-state index contributed by atoms with van der Waals surface area (Å²) in [6.45, 7) is 5.35. The maximum Gasteiger partial charge on any atom is 0.334 e. The zero-order chi connectivity index (χ0) is 44.7. The van der Waals surface area contributed by atoms with E-state index in [1.54, 1.807) is 48.2 Å². The fraction of sp³-hybridized carbons (Fsp3) is 0.375. The number of hydrogen-bond donors (Lipinski definition) is 2. The molecule has 8 rings (SSSR count). The van der Waals surface area contributed by atoms with Gasteiger partial charge in [-0.15, -0.1) is 0 Å². The summed E-state index contributed by atoms with van der Waals surface area (Å²) in [6, 6.07) is 27.0. The summed E-state index contributed by atoms with van der Waals surface area (Å²) in [7, 11) is 3.55. The molecule has 4 aliphatic rings. The molecule has 0 radical (unpaired) electrons. The topological polar surface area (TPSA) is 142 Å². The van der Waals surface area contributed by atoms with E-state index < -0.39 is 24.5 Å². The summed E-state index contributed by atoms with van der Waals surface area (Å²) in [5.74, 6) is -1.95. The predicted octanol–water partition coefficient (Wildman–Crippen LogP) is 6.43. The van der Waals surface area contributed by atoms with E-state index in [1.165, 1.54) is 11.1 Å². The Labute approximate surface area is 382 Å². The summed E-state index contributed by atoms with van der Waals surface area (Å²) in [4.78, 5) is 61.7. The summed E-state index contributed by atoms with van der Waals surface area (Å²) in [5.41, 5.74) is 4.10. The maximum absolute atomic E-state index is 13.7. The molecule has 2 unspecified atom stereocenters. The number of fused-ring (bicyclic) bond motifs is 2. The van der Waals surface area contributed by atoms with Crippen LogP contribution in [0.5, 0.6) is 11.5 Å². The minimum absolute atomic E-state index is 0.0347. The van der Waals surface area contributed by atoms with Crippen molar-refractivity contribution in [2.24, 2.45) is 0 Å². The van der Waals surface area contributed by atoms with Crippen LogP contribution in [0.15, 0.2) is 97.1 Å². The number of ether oxygens (including phenoxy) is 4. The van der Waals surface area contributed by atoms with Crippen molar-refractivity contribution in [3.05, 3.63) is 129 Å². The molecular formula is C48H52Cl2N6O8. The smallest absolute Gasteiger partial charge is 0.334 e.